The van der Waals surface area contributed by atoms with E-state index in [-0.39, 0.29) is 17.7 Å². The number of thiazole rings is 1. The van der Waals surface area contributed by atoms with Gasteiger partial charge in [0.2, 0.25) is 5.91 Å². The van der Waals surface area contributed by atoms with Crippen molar-refractivity contribution in [2.24, 2.45) is 0 Å². The number of hydrogen-bond acceptors (Lipinski definition) is 5. The first kappa shape index (κ1) is 18.5. The van der Waals surface area contributed by atoms with Crippen LogP contribution in [0.2, 0.25) is 0 Å². The van der Waals surface area contributed by atoms with Gasteiger partial charge in [0.1, 0.15) is 5.69 Å². The fourth-order valence-corrected chi connectivity index (χ4v) is 4.08. The van der Waals surface area contributed by atoms with Gasteiger partial charge < -0.3 is 10.2 Å². The van der Waals surface area contributed by atoms with Crippen LogP contribution in [0.1, 0.15) is 53.3 Å². The molecule has 6 nitrogen and oxygen atoms in total. The predicted octanol–water partition coefficient (Wildman–Crippen LogP) is 2.63. The number of nitrogens with zero attached hydrogens (tertiary/aromatic N) is 3. The van der Waals surface area contributed by atoms with Gasteiger partial charge in [0, 0.05) is 50.0 Å². The fraction of sp³-hybridized carbons (Fsp3) is 0.474. The van der Waals surface area contributed by atoms with Gasteiger partial charge in [-0.05, 0) is 25.0 Å². The lowest BCUT2D eigenvalue weighted by Gasteiger charge is -2.31. The van der Waals surface area contributed by atoms with E-state index < -0.39 is 0 Å². The topological polar surface area (TPSA) is 75.2 Å². The molecule has 7 heteroatoms. The molecule has 138 valence electrons. The first-order chi connectivity index (χ1) is 12.7. The van der Waals surface area contributed by atoms with Crippen molar-refractivity contribution in [3.05, 3.63) is 46.2 Å². The van der Waals surface area contributed by atoms with E-state index in [9.17, 15) is 9.59 Å². The van der Waals surface area contributed by atoms with Crippen LogP contribution in [0, 0.1) is 0 Å². The number of hydrogen-bond donors (Lipinski definition) is 1. The second-order valence-corrected chi connectivity index (χ2v) is 7.33. The summed E-state index contributed by atoms with van der Waals surface area (Å²) in [5.74, 6) is 0.339. The lowest BCUT2D eigenvalue weighted by molar-refractivity contribution is -0.120. The van der Waals surface area contributed by atoms with Crippen molar-refractivity contribution in [2.75, 3.05) is 19.6 Å². The number of amides is 2. The Kier molecular flexibility index (Phi) is 6.33. The van der Waals surface area contributed by atoms with Crippen molar-refractivity contribution in [1.29, 1.82) is 0 Å². The maximum absolute atomic E-state index is 12.6. The molecule has 1 aliphatic heterocycles. The van der Waals surface area contributed by atoms with Gasteiger partial charge in [-0.15, -0.1) is 11.3 Å². The van der Waals surface area contributed by atoms with Crippen LogP contribution in [0.3, 0.4) is 0 Å². The zero-order chi connectivity index (χ0) is 18.4. The lowest BCUT2D eigenvalue weighted by atomic mass is 9.98. The number of aromatic nitrogens is 2. The quantitative estimate of drug-likeness (QED) is 0.846. The zero-order valence-electron chi connectivity index (χ0n) is 15.0. The van der Waals surface area contributed by atoms with Crippen LogP contribution in [0.25, 0.3) is 0 Å². The summed E-state index contributed by atoms with van der Waals surface area (Å²) in [4.78, 5) is 34.7. The minimum Gasteiger partial charge on any atom is -0.356 e. The number of nitrogens with one attached hydrogen (secondary N) is 1. The van der Waals surface area contributed by atoms with Gasteiger partial charge in [-0.2, -0.15) is 0 Å². The number of carbonyl (C=O) groups is 2. The van der Waals surface area contributed by atoms with Gasteiger partial charge in [-0.3, -0.25) is 14.6 Å². The Balaban J connectivity index is 1.58. The predicted molar refractivity (Wildman–Crippen MR) is 101 cm³/mol. The molecule has 0 aromatic carbocycles. The number of rotatable bonds is 6. The smallest absolute Gasteiger partial charge is 0.272 e. The number of piperidine rings is 1. The minimum atomic E-state index is -0.00522. The molecule has 0 unspecified atom stereocenters. The van der Waals surface area contributed by atoms with Gasteiger partial charge in [0.25, 0.3) is 5.91 Å². The Hall–Kier alpha value is -2.28. The monoisotopic (exact) mass is 372 g/mol. The van der Waals surface area contributed by atoms with E-state index in [2.05, 4.69) is 15.7 Å². The van der Waals surface area contributed by atoms with Gasteiger partial charge in [-0.1, -0.05) is 13.0 Å². The van der Waals surface area contributed by atoms with Gasteiger partial charge in [-0.25, -0.2) is 4.98 Å². The van der Waals surface area contributed by atoms with Crippen LogP contribution >= 0.6 is 11.3 Å². The normalized spacial score (nSPS) is 17.1. The molecule has 1 aliphatic rings. The average Bonchev–Trinajstić information content (AvgIpc) is 3.17. The van der Waals surface area contributed by atoms with Crippen LogP contribution < -0.4 is 5.32 Å². The van der Waals surface area contributed by atoms with Crippen LogP contribution in [-0.2, 0) is 11.2 Å². The highest BCUT2D eigenvalue weighted by Gasteiger charge is 2.27. The minimum absolute atomic E-state index is 0.00522. The van der Waals surface area contributed by atoms with Crippen molar-refractivity contribution < 1.29 is 9.59 Å². The summed E-state index contributed by atoms with van der Waals surface area (Å²) in [6.07, 6.45) is 4.92. The second-order valence-electron chi connectivity index (χ2n) is 6.44. The SMILES string of the molecule is CCC(=O)NCCc1csc([C@@H]2CCCN(C(=O)c3ccccn3)C2)n1. The molecule has 1 saturated heterocycles. The molecule has 26 heavy (non-hydrogen) atoms. The van der Waals surface area contributed by atoms with E-state index in [1.807, 2.05) is 24.0 Å². The van der Waals surface area contributed by atoms with Gasteiger partial charge in [0.05, 0.1) is 10.7 Å². The molecule has 2 amide bonds. The van der Waals surface area contributed by atoms with Crippen LogP contribution in [0.15, 0.2) is 29.8 Å². The Labute approximate surface area is 157 Å². The molecule has 0 spiro atoms. The Morgan fingerprint density at radius 2 is 2.27 bits per heavy atom. The number of pyridine rings is 1. The third-order valence-corrected chi connectivity index (χ3v) is 5.59. The average molecular weight is 372 g/mol. The maximum Gasteiger partial charge on any atom is 0.272 e. The third-order valence-electron chi connectivity index (χ3n) is 4.54. The summed E-state index contributed by atoms with van der Waals surface area (Å²) >= 11 is 1.65. The van der Waals surface area contributed by atoms with E-state index in [1.54, 1.807) is 23.6 Å². The Morgan fingerprint density at radius 3 is 3.04 bits per heavy atom. The van der Waals surface area contributed by atoms with Crippen LogP contribution in [-0.4, -0.2) is 46.3 Å². The van der Waals surface area contributed by atoms with Crippen molar-refractivity contribution in [3.8, 4) is 0 Å². The van der Waals surface area contributed by atoms with E-state index in [0.29, 0.717) is 25.2 Å². The van der Waals surface area contributed by atoms with E-state index >= 15 is 0 Å². The molecular weight excluding hydrogens is 348 g/mol. The Bertz CT molecular complexity index is 747. The summed E-state index contributed by atoms with van der Waals surface area (Å²) in [7, 11) is 0. The molecule has 3 heterocycles. The van der Waals surface area contributed by atoms with E-state index in [1.165, 1.54) is 0 Å². The summed E-state index contributed by atoms with van der Waals surface area (Å²) < 4.78 is 0. The van der Waals surface area contributed by atoms with E-state index in [4.69, 9.17) is 4.98 Å². The first-order valence-corrected chi connectivity index (χ1v) is 9.96. The fourth-order valence-electron chi connectivity index (χ4n) is 3.09. The molecule has 0 radical (unpaired) electrons. The summed E-state index contributed by atoms with van der Waals surface area (Å²) in [6.45, 7) is 3.92. The van der Waals surface area contributed by atoms with Crippen molar-refractivity contribution >= 4 is 23.2 Å². The molecule has 1 atom stereocenters. The first-order valence-electron chi connectivity index (χ1n) is 9.08. The molecule has 1 fully saturated rings. The molecule has 0 aliphatic carbocycles. The van der Waals surface area contributed by atoms with E-state index in [0.717, 1.165) is 36.5 Å². The van der Waals surface area contributed by atoms with Crippen molar-refractivity contribution in [3.63, 3.8) is 0 Å². The molecule has 2 aromatic rings. The van der Waals surface area contributed by atoms with Crippen LogP contribution in [0.5, 0.6) is 0 Å². The van der Waals surface area contributed by atoms with Crippen LogP contribution in [0.4, 0.5) is 0 Å². The maximum atomic E-state index is 12.6. The second kappa shape index (κ2) is 8.89. The summed E-state index contributed by atoms with van der Waals surface area (Å²) in [5, 5.41) is 6.02. The highest BCUT2D eigenvalue weighted by atomic mass is 32.1. The largest absolute Gasteiger partial charge is 0.356 e. The number of carbonyl (C=O) groups excluding carboxylic acids is 2. The number of likely N-dealkylation sites (tertiary alicyclic amines) is 1. The molecule has 2 aromatic heterocycles. The van der Waals surface area contributed by atoms with Gasteiger partial charge in [0.15, 0.2) is 0 Å². The Morgan fingerprint density at radius 1 is 1.38 bits per heavy atom. The molecular formula is C19H24N4O2S. The zero-order valence-corrected chi connectivity index (χ0v) is 15.8. The summed E-state index contributed by atoms with van der Waals surface area (Å²) in [6, 6.07) is 5.42. The van der Waals surface area contributed by atoms with Crippen molar-refractivity contribution in [2.45, 2.75) is 38.5 Å². The molecule has 0 bridgehead atoms. The third kappa shape index (κ3) is 4.66. The molecule has 3 rings (SSSR count). The molecule has 0 saturated carbocycles. The highest BCUT2D eigenvalue weighted by Crippen LogP contribution is 2.29. The van der Waals surface area contributed by atoms with Gasteiger partial charge >= 0.3 is 0 Å². The highest BCUT2D eigenvalue weighted by molar-refractivity contribution is 7.09. The lowest BCUT2D eigenvalue weighted by Crippen LogP contribution is -2.39. The van der Waals surface area contributed by atoms with Crippen molar-refractivity contribution in [1.82, 2.24) is 20.2 Å². The summed E-state index contributed by atoms with van der Waals surface area (Å²) in [5.41, 5.74) is 1.51. The standard InChI is InChI=1S/C19H24N4O2S/c1-2-17(24)21-10-8-15-13-26-18(22-15)14-6-5-11-23(12-14)19(25)16-7-3-4-9-20-16/h3-4,7,9,13-14H,2,5-6,8,10-12H2,1H3,(H,21,24)/t14-/m1/s1. The molecule has 1 N–H and O–H groups in total.